The van der Waals surface area contributed by atoms with Crippen LogP contribution in [-0.4, -0.2) is 18.6 Å². The molecule has 1 aliphatic rings. The van der Waals surface area contributed by atoms with E-state index in [0.717, 1.165) is 37.8 Å². The largest absolute Gasteiger partial charge is 0.467 e. The first-order valence-corrected chi connectivity index (χ1v) is 7.56. The SMILES string of the molecule is COC(=O)C1(Nc2cccc(Cl)c2)CCCC(C)CC1. The van der Waals surface area contributed by atoms with E-state index in [1.54, 1.807) is 0 Å². The third-order valence-corrected chi connectivity index (χ3v) is 4.38. The Morgan fingerprint density at radius 2 is 2.20 bits per heavy atom. The van der Waals surface area contributed by atoms with Crippen LogP contribution in [0.4, 0.5) is 5.69 Å². The van der Waals surface area contributed by atoms with Gasteiger partial charge in [-0.15, -0.1) is 0 Å². The highest BCUT2D eigenvalue weighted by atomic mass is 35.5. The lowest BCUT2D eigenvalue weighted by atomic mass is 9.89. The third-order valence-electron chi connectivity index (χ3n) is 4.15. The molecule has 110 valence electrons. The molecule has 0 spiro atoms. The Morgan fingerprint density at radius 3 is 2.90 bits per heavy atom. The van der Waals surface area contributed by atoms with E-state index < -0.39 is 5.54 Å². The van der Waals surface area contributed by atoms with Crippen LogP contribution in [0.1, 0.15) is 39.0 Å². The van der Waals surface area contributed by atoms with Crippen molar-refractivity contribution in [2.45, 2.75) is 44.6 Å². The summed E-state index contributed by atoms with van der Waals surface area (Å²) < 4.78 is 5.05. The van der Waals surface area contributed by atoms with Gasteiger partial charge in [0, 0.05) is 10.7 Å². The zero-order chi connectivity index (χ0) is 14.6. The average Bonchev–Trinajstić information content (AvgIpc) is 2.61. The van der Waals surface area contributed by atoms with Crippen molar-refractivity contribution in [3.05, 3.63) is 29.3 Å². The van der Waals surface area contributed by atoms with Gasteiger partial charge in [-0.1, -0.05) is 37.4 Å². The number of benzene rings is 1. The summed E-state index contributed by atoms with van der Waals surface area (Å²) in [6, 6.07) is 7.49. The number of esters is 1. The van der Waals surface area contributed by atoms with Crippen LogP contribution in [0, 0.1) is 5.92 Å². The van der Waals surface area contributed by atoms with Gasteiger partial charge in [-0.2, -0.15) is 0 Å². The molecule has 1 aliphatic carbocycles. The topological polar surface area (TPSA) is 38.3 Å². The van der Waals surface area contributed by atoms with E-state index >= 15 is 0 Å². The van der Waals surface area contributed by atoms with Crippen molar-refractivity contribution >= 4 is 23.3 Å². The van der Waals surface area contributed by atoms with Crippen molar-refractivity contribution in [1.29, 1.82) is 0 Å². The Hall–Kier alpha value is -1.22. The molecule has 1 N–H and O–H groups in total. The Labute approximate surface area is 125 Å². The molecule has 20 heavy (non-hydrogen) atoms. The minimum atomic E-state index is -0.621. The van der Waals surface area contributed by atoms with Crippen molar-refractivity contribution in [3.8, 4) is 0 Å². The molecule has 2 unspecified atom stereocenters. The molecule has 0 aromatic heterocycles. The van der Waals surface area contributed by atoms with E-state index in [1.165, 1.54) is 7.11 Å². The number of methoxy groups -OCH3 is 1. The van der Waals surface area contributed by atoms with Crippen LogP contribution in [0.15, 0.2) is 24.3 Å². The summed E-state index contributed by atoms with van der Waals surface area (Å²) in [5.41, 5.74) is 0.252. The van der Waals surface area contributed by atoms with Gasteiger partial charge in [0.15, 0.2) is 0 Å². The fourth-order valence-corrected chi connectivity index (χ4v) is 3.12. The van der Waals surface area contributed by atoms with Gasteiger partial charge < -0.3 is 10.1 Å². The monoisotopic (exact) mass is 295 g/mol. The molecule has 0 amide bonds. The van der Waals surface area contributed by atoms with Crippen molar-refractivity contribution in [1.82, 2.24) is 0 Å². The molecule has 0 saturated heterocycles. The van der Waals surface area contributed by atoms with Gasteiger partial charge in [-0.05, 0) is 43.4 Å². The highest BCUT2D eigenvalue weighted by molar-refractivity contribution is 6.30. The van der Waals surface area contributed by atoms with Crippen LogP contribution in [0.2, 0.25) is 5.02 Å². The van der Waals surface area contributed by atoms with Gasteiger partial charge >= 0.3 is 5.97 Å². The zero-order valence-electron chi connectivity index (χ0n) is 12.1. The number of hydrogen-bond donors (Lipinski definition) is 1. The first-order chi connectivity index (χ1) is 9.55. The number of halogens is 1. The van der Waals surface area contributed by atoms with E-state index in [-0.39, 0.29) is 5.97 Å². The minimum Gasteiger partial charge on any atom is -0.467 e. The summed E-state index contributed by atoms with van der Waals surface area (Å²) in [6.45, 7) is 2.24. The number of anilines is 1. The van der Waals surface area contributed by atoms with Gasteiger partial charge in [0.25, 0.3) is 0 Å². The summed E-state index contributed by atoms with van der Waals surface area (Å²) in [7, 11) is 1.46. The highest BCUT2D eigenvalue weighted by Crippen LogP contribution is 2.34. The first kappa shape index (κ1) is 15.2. The maximum Gasteiger partial charge on any atom is 0.331 e. The quantitative estimate of drug-likeness (QED) is 0.669. The second-order valence-electron chi connectivity index (χ2n) is 5.75. The van der Waals surface area contributed by atoms with Gasteiger partial charge in [0.05, 0.1) is 7.11 Å². The van der Waals surface area contributed by atoms with Crippen molar-refractivity contribution in [3.63, 3.8) is 0 Å². The van der Waals surface area contributed by atoms with Crippen LogP contribution >= 0.6 is 11.6 Å². The summed E-state index contributed by atoms with van der Waals surface area (Å²) in [6.07, 6.45) is 4.83. The van der Waals surface area contributed by atoms with Crippen LogP contribution in [0.5, 0.6) is 0 Å². The Kier molecular flexibility index (Phi) is 4.92. The molecule has 1 aromatic rings. The standard InChI is InChI=1S/C16H22ClNO2/c1-12-5-4-9-16(10-8-12,15(19)20-2)18-14-7-3-6-13(17)11-14/h3,6-7,11-12,18H,4-5,8-10H2,1-2H3. The van der Waals surface area contributed by atoms with Gasteiger partial charge in [-0.25, -0.2) is 4.79 Å². The lowest BCUT2D eigenvalue weighted by Crippen LogP contribution is -2.46. The van der Waals surface area contributed by atoms with E-state index in [0.29, 0.717) is 10.9 Å². The van der Waals surface area contributed by atoms with Crippen LogP contribution in [-0.2, 0) is 9.53 Å². The lowest BCUT2D eigenvalue weighted by Gasteiger charge is -2.32. The van der Waals surface area contributed by atoms with Crippen molar-refractivity contribution in [2.75, 3.05) is 12.4 Å². The molecule has 0 heterocycles. The second kappa shape index (κ2) is 6.49. The summed E-state index contributed by atoms with van der Waals surface area (Å²) >= 11 is 6.02. The molecule has 1 fully saturated rings. The molecule has 0 radical (unpaired) electrons. The van der Waals surface area contributed by atoms with E-state index in [1.807, 2.05) is 24.3 Å². The minimum absolute atomic E-state index is 0.174. The Balaban J connectivity index is 2.25. The van der Waals surface area contributed by atoms with E-state index in [4.69, 9.17) is 16.3 Å². The molecule has 2 atom stereocenters. The lowest BCUT2D eigenvalue weighted by molar-refractivity contribution is -0.146. The summed E-state index contributed by atoms with van der Waals surface area (Å²) in [4.78, 5) is 12.3. The second-order valence-corrected chi connectivity index (χ2v) is 6.18. The molecular weight excluding hydrogens is 274 g/mol. The average molecular weight is 296 g/mol. The fraction of sp³-hybridized carbons (Fsp3) is 0.562. The number of carbonyl (C=O) groups excluding carboxylic acids is 1. The number of ether oxygens (including phenoxy) is 1. The predicted molar refractivity (Wildman–Crippen MR) is 82.1 cm³/mol. The molecular formula is C16H22ClNO2. The van der Waals surface area contributed by atoms with E-state index in [9.17, 15) is 4.79 Å². The number of nitrogens with one attached hydrogen (secondary N) is 1. The maximum atomic E-state index is 12.3. The molecule has 0 bridgehead atoms. The third kappa shape index (κ3) is 3.45. The van der Waals surface area contributed by atoms with Crippen LogP contribution < -0.4 is 5.32 Å². The van der Waals surface area contributed by atoms with Crippen molar-refractivity contribution < 1.29 is 9.53 Å². The molecule has 4 heteroatoms. The van der Waals surface area contributed by atoms with Crippen molar-refractivity contribution in [2.24, 2.45) is 5.92 Å². The molecule has 1 aromatic carbocycles. The Morgan fingerprint density at radius 1 is 1.40 bits per heavy atom. The number of hydrogen-bond acceptors (Lipinski definition) is 3. The molecule has 0 aliphatic heterocycles. The summed E-state index contributed by atoms with van der Waals surface area (Å²) in [5.74, 6) is 0.481. The molecule has 1 saturated carbocycles. The normalized spacial score (nSPS) is 26.6. The first-order valence-electron chi connectivity index (χ1n) is 7.18. The van der Waals surface area contributed by atoms with Gasteiger partial charge in [0.2, 0.25) is 0 Å². The molecule has 3 nitrogen and oxygen atoms in total. The fourth-order valence-electron chi connectivity index (χ4n) is 2.93. The molecule has 2 rings (SSSR count). The predicted octanol–water partition coefficient (Wildman–Crippen LogP) is 4.26. The van der Waals surface area contributed by atoms with Crippen LogP contribution in [0.25, 0.3) is 0 Å². The number of rotatable bonds is 3. The zero-order valence-corrected chi connectivity index (χ0v) is 12.9. The number of carbonyl (C=O) groups is 1. The summed E-state index contributed by atoms with van der Waals surface area (Å²) in [5, 5.41) is 4.05. The van der Waals surface area contributed by atoms with Crippen LogP contribution in [0.3, 0.4) is 0 Å². The van der Waals surface area contributed by atoms with Gasteiger partial charge in [-0.3, -0.25) is 0 Å². The smallest absolute Gasteiger partial charge is 0.331 e. The Bertz CT molecular complexity index is 477. The maximum absolute atomic E-state index is 12.3. The van der Waals surface area contributed by atoms with Gasteiger partial charge in [0.1, 0.15) is 5.54 Å². The van der Waals surface area contributed by atoms with E-state index in [2.05, 4.69) is 12.2 Å². The highest BCUT2D eigenvalue weighted by Gasteiger charge is 2.40.